The van der Waals surface area contributed by atoms with E-state index in [-0.39, 0.29) is 0 Å². The highest BCUT2D eigenvalue weighted by atomic mass is 15.1. The molecule has 1 aliphatic carbocycles. The second-order valence-electron chi connectivity index (χ2n) is 5.33. The van der Waals surface area contributed by atoms with Crippen LogP contribution in [0.15, 0.2) is 12.4 Å². The largest absolute Gasteiger partial charge is 0.335 e. The summed E-state index contributed by atoms with van der Waals surface area (Å²) in [7, 11) is 2.08. The van der Waals surface area contributed by atoms with E-state index in [9.17, 15) is 0 Å². The lowest BCUT2D eigenvalue weighted by atomic mass is 9.92. The van der Waals surface area contributed by atoms with Crippen LogP contribution in [0.1, 0.15) is 38.9 Å². The Hall–Kier alpha value is -0.830. The fraction of sp³-hybridized carbons (Fsp3) is 0.786. The molecule has 1 aromatic rings. The molecule has 3 nitrogen and oxygen atoms in total. The summed E-state index contributed by atoms with van der Waals surface area (Å²) in [6.07, 6.45) is 9.05. The second kappa shape index (κ2) is 5.67. The summed E-state index contributed by atoms with van der Waals surface area (Å²) in [5.41, 5.74) is 0. The van der Waals surface area contributed by atoms with Crippen LogP contribution < -0.4 is 5.32 Å². The van der Waals surface area contributed by atoms with E-state index in [0.29, 0.717) is 6.04 Å². The van der Waals surface area contributed by atoms with Crippen molar-refractivity contribution in [3.8, 4) is 0 Å². The van der Waals surface area contributed by atoms with Gasteiger partial charge in [-0.15, -0.1) is 0 Å². The van der Waals surface area contributed by atoms with Crippen LogP contribution in [0.25, 0.3) is 0 Å². The van der Waals surface area contributed by atoms with Gasteiger partial charge in [0, 0.05) is 31.4 Å². The molecule has 1 aromatic heterocycles. The van der Waals surface area contributed by atoms with Crippen LogP contribution >= 0.6 is 0 Å². The van der Waals surface area contributed by atoms with Crippen molar-refractivity contribution in [3.05, 3.63) is 18.2 Å². The molecular formula is C14H25N3. The molecule has 96 valence electrons. The second-order valence-corrected chi connectivity index (χ2v) is 5.33. The third-order valence-electron chi connectivity index (χ3n) is 4.31. The Balaban J connectivity index is 1.99. The Morgan fingerprint density at radius 3 is 2.94 bits per heavy atom. The van der Waals surface area contributed by atoms with Crippen molar-refractivity contribution in [2.45, 2.75) is 52.1 Å². The topological polar surface area (TPSA) is 29.9 Å². The van der Waals surface area contributed by atoms with Gasteiger partial charge in [0.2, 0.25) is 0 Å². The number of rotatable bonds is 5. The lowest BCUT2D eigenvalue weighted by molar-refractivity contribution is 0.355. The van der Waals surface area contributed by atoms with Crippen LogP contribution in [0.5, 0.6) is 0 Å². The molecule has 0 spiro atoms. The molecule has 0 bridgehead atoms. The Kier molecular flexibility index (Phi) is 4.21. The highest BCUT2D eigenvalue weighted by Gasteiger charge is 2.32. The summed E-state index contributed by atoms with van der Waals surface area (Å²) in [4.78, 5) is 4.53. The van der Waals surface area contributed by atoms with E-state index >= 15 is 0 Å². The van der Waals surface area contributed by atoms with E-state index in [1.807, 2.05) is 6.20 Å². The molecule has 0 aromatic carbocycles. The normalized spacial score (nSPS) is 28.8. The summed E-state index contributed by atoms with van der Waals surface area (Å²) in [6, 6.07) is 0.703. The van der Waals surface area contributed by atoms with Crippen LogP contribution in [-0.4, -0.2) is 22.6 Å². The number of aromatic nitrogens is 2. The molecule has 1 saturated carbocycles. The summed E-state index contributed by atoms with van der Waals surface area (Å²) >= 11 is 0. The Bertz CT molecular complexity index is 345. The van der Waals surface area contributed by atoms with Gasteiger partial charge in [0.25, 0.3) is 0 Å². The van der Waals surface area contributed by atoms with E-state index in [1.54, 1.807) is 0 Å². The van der Waals surface area contributed by atoms with Crippen molar-refractivity contribution in [3.63, 3.8) is 0 Å². The van der Waals surface area contributed by atoms with Crippen molar-refractivity contribution >= 4 is 0 Å². The zero-order chi connectivity index (χ0) is 12.3. The van der Waals surface area contributed by atoms with Gasteiger partial charge in [-0.3, -0.25) is 0 Å². The van der Waals surface area contributed by atoms with Gasteiger partial charge in [0.05, 0.1) is 0 Å². The van der Waals surface area contributed by atoms with E-state index < -0.39 is 0 Å². The van der Waals surface area contributed by atoms with E-state index in [0.717, 1.165) is 24.8 Å². The molecule has 3 heteroatoms. The van der Waals surface area contributed by atoms with Crippen LogP contribution in [0.2, 0.25) is 0 Å². The molecule has 0 aliphatic heterocycles. The number of nitrogens with one attached hydrogen (secondary N) is 1. The minimum absolute atomic E-state index is 0.703. The fourth-order valence-corrected chi connectivity index (χ4v) is 3.15. The van der Waals surface area contributed by atoms with E-state index in [4.69, 9.17) is 0 Å². The summed E-state index contributed by atoms with van der Waals surface area (Å²) in [5, 5.41) is 3.44. The van der Waals surface area contributed by atoms with Crippen molar-refractivity contribution in [2.24, 2.45) is 11.8 Å². The SMILES string of the molecule is CCCn1ccnc1CC1CCC(NC)C1C. The van der Waals surface area contributed by atoms with E-state index in [2.05, 4.69) is 42.0 Å². The number of nitrogens with zero attached hydrogens (tertiary/aromatic N) is 2. The first kappa shape index (κ1) is 12.6. The number of aryl methyl sites for hydroxylation is 1. The van der Waals surface area contributed by atoms with Gasteiger partial charge in [0.1, 0.15) is 5.82 Å². The number of hydrogen-bond acceptors (Lipinski definition) is 2. The van der Waals surface area contributed by atoms with Gasteiger partial charge < -0.3 is 9.88 Å². The standard InChI is InChI=1S/C14H25N3/c1-4-8-17-9-7-16-14(17)10-12-5-6-13(15-3)11(12)2/h7,9,11-13,15H,4-6,8,10H2,1-3H3. The minimum Gasteiger partial charge on any atom is -0.335 e. The molecule has 3 atom stereocenters. The third-order valence-corrected chi connectivity index (χ3v) is 4.31. The maximum absolute atomic E-state index is 4.53. The summed E-state index contributed by atoms with van der Waals surface area (Å²) in [5.74, 6) is 2.85. The maximum atomic E-state index is 4.53. The van der Waals surface area contributed by atoms with Crippen LogP contribution in [-0.2, 0) is 13.0 Å². The van der Waals surface area contributed by atoms with Gasteiger partial charge in [-0.2, -0.15) is 0 Å². The molecule has 3 unspecified atom stereocenters. The lowest BCUT2D eigenvalue weighted by Gasteiger charge is -2.20. The third kappa shape index (κ3) is 2.71. The number of imidazole rings is 1. The first-order valence-electron chi connectivity index (χ1n) is 6.93. The van der Waals surface area contributed by atoms with Crippen molar-refractivity contribution in [1.29, 1.82) is 0 Å². The fourth-order valence-electron chi connectivity index (χ4n) is 3.15. The molecule has 17 heavy (non-hydrogen) atoms. The zero-order valence-electron chi connectivity index (χ0n) is 11.3. The highest BCUT2D eigenvalue weighted by Crippen LogP contribution is 2.33. The Morgan fingerprint density at radius 2 is 2.29 bits per heavy atom. The lowest BCUT2D eigenvalue weighted by Crippen LogP contribution is -2.30. The van der Waals surface area contributed by atoms with Crippen molar-refractivity contribution in [1.82, 2.24) is 14.9 Å². The molecule has 0 saturated heterocycles. The first-order valence-corrected chi connectivity index (χ1v) is 6.93. The molecule has 0 radical (unpaired) electrons. The molecule has 0 amide bonds. The summed E-state index contributed by atoms with van der Waals surface area (Å²) < 4.78 is 2.32. The molecular weight excluding hydrogens is 210 g/mol. The molecule has 1 N–H and O–H groups in total. The van der Waals surface area contributed by atoms with Crippen LogP contribution in [0.3, 0.4) is 0 Å². The molecule has 1 heterocycles. The highest BCUT2D eigenvalue weighted by molar-refractivity contribution is 4.98. The average Bonchev–Trinajstić information content (AvgIpc) is 2.89. The van der Waals surface area contributed by atoms with Crippen LogP contribution in [0.4, 0.5) is 0 Å². The molecule has 1 aliphatic rings. The van der Waals surface area contributed by atoms with E-state index in [1.165, 1.54) is 25.1 Å². The van der Waals surface area contributed by atoms with Gasteiger partial charge in [-0.1, -0.05) is 13.8 Å². The minimum atomic E-state index is 0.703. The van der Waals surface area contributed by atoms with Gasteiger partial charge in [-0.05, 0) is 38.1 Å². The Labute approximate surface area is 105 Å². The van der Waals surface area contributed by atoms with Crippen molar-refractivity contribution < 1.29 is 0 Å². The Morgan fingerprint density at radius 1 is 1.47 bits per heavy atom. The smallest absolute Gasteiger partial charge is 0.108 e. The zero-order valence-corrected chi connectivity index (χ0v) is 11.3. The van der Waals surface area contributed by atoms with Gasteiger partial charge >= 0.3 is 0 Å². The predicted molar refractivity (Wildman–Crippen MR) is 71.0 cm³/mol. The first-order chi connectivity index (χ1) is 8.26. The van der Waals surface area contributed by atoms with Gasteiger partial charge in [0.15, 0.2) is 0 Å². The molecule has 2 rings (SSSR count). The van der Waals surface area contributed by atoms with Crippen molar-refractivity contribution in [2.75, 3.05) is 7.05 Å². The quantitative estimate of drug-likeness (QED) is 0.849. The summed E-state index contributed by atoms with van der Waals surface area (Å²) in [6.45, 7) is 5.71. The maximum Gasteiger partial charge on any atom is 0.108 e. The molecule has 1 fully saturated rings. The monoisotopic (exact) mass is 235 g/mol. The van der Waals surface area contributed by atoms with Crippen LogP contribution in [0, 0.1) is 11.8 Å². The number of hydrogen-bond donors (Lipinski definition) is 1. The van der Waals surface area contributed by atoms with Gasteiger partial charge in [-0.25, -0.2) is 4.98 Å². The predicted octanol–water partition coefficient (Wildman–Crippen LogP) is 2.47. The average molecular weight is 235 g/mol.